The molecule has 176 valence electrons. The largest absolute Gasteiger partial charge is 0.302 e. The first-order chi connectivity index (χ1) is 17.2. The van der Waals surface area contributed by atoms with Crippen molar-refractivity contribution in [3.05, 3.63) is 70.7 Å². The Morgan fingerprint density at radius 1 is 1.03 bits per heavy atom. The summed E-state index contributed by atoms with van der Waals surface area (Å²) in [5.74, 6) is 0.483. The maximum absolute atomic E-state index is 12.6. The average Bonchev–Trinajstić information content (AvgIpc) is 3.32. The molecule has 5 rings (SSSR count). The second kappa shape index (κ2) is 11.0. The molecule has 0 fully saturated rings. The number of carbonyl (C=O) groups is 1. The highest BCUT2D eigenvalue weighted by Crippen LogP contribution is 2.29. The lowest BCUT2D eigenvalue weighted by Crippen LogP contribution is -2.12. The van der Waals surface area contributed by atoms with E-state index in [9.17, 15) is 10.1 Å². The molecule has 1 amide bonds. The van der Waals surface area contributed by atoms with Crippen LogP contribution < -0.4 is 5.32 Å². The van der Waals surface area contributed by atoms with Crippen molar-refractivity contribution in [1.29, 1.82) is 5.26 Å². The molecule has 0 unspecified atom stereocenters. The molecule has 4 aromatic rings. The maximum atomic E-state index is 12.6. The molecule has 5 nitrogen and oxygen atoms in total. The van der Waals surface area contributed by atoms with E-state index in [1.807, 2.05) is 23.6 Å². The van der Waals surface area contributed by atoms with Gasteiger partial charge in [-0.1, -0.05) is 49.2 Å². The van der Waals surface area contributed by atoms with Gasteiger partial charge in [-0.05, 0) is 54.2 Å². The number of hydrogen-bond acceptors (Lipinski definition) is 6. The van der Waals surface area contributed by atoms with Crippen molar-refractivity contribution in [2.24, 2.45) is 0 Å². The number of aryl methyl sites for hydroxylation is 2. The van der Waals surface area contributed by atoms with Gasteiger partial charge in [0.25, 0.3) is 0 Å². The van der Waals surface area contributed by atoms with Crippen LogP contribution in [-0.2, 0) is 17.6 Å². The van der Waals surface area contributed by atoms with Gasteiger partial charge in [0.2, 0.25) is 5.91 Å². The molecule has 0 bridgehead atoms. The van der Waals surface area contributed by atoms with Gasteiger partial charge in [0, 0.05) is 28.8 Å². The van der Waals surface area contributed by atoms with Crippen LogP contribution in [0.5, 0.6) is 0 Å². The Morgan fingerprint density at radius 2 is 1.86 bits per heavy atom. The number of nitriles is 1. The number of nitrogens with zero attached hydrogens (tertiary/aromatic N) is 3. The summed E-state index contributed by atoms with van der Waals surface area (Å²) in [5.41, 5.74) is 4.85. The maximum Gasteiger partial charge on any atom is 0.226 e. The topological polar surface area (TPSA) is 78.7 Å². The number of rotatable bonds is 6. The monoisotopic (exact) mass is 498 g/mol. The normalized spacial score (nSPS) is 13.5. The molecule has 0 radical (unpaired) electrons. The first kappa shape index (κ1) is 23.5. The fraction of sp³-hybridized carbons (Fsp3) is 0.286. The van der Waals surface area contributed by atoms with E-state index in [0.29, 0.717) is 22.9 Å². The zero-order valence-electron chi connectivity index (χ0n) is 19.4. The van der Waals surface area contributed by atoms with Crippen molar-refractivity contribution in [3.8, 4) is 17.3 Å². The predicted octanol–water partition coefficient (Wildman–Crippen LogP) is 7.01. The fourth-order valence-electron chi connectivity index (χ4n) is 4.39. The van der Waals surface area contributed by atoms with E-state index in [4.69, 9.17) is 4.98 Å². The highest BCUT2D eigenvalue weighted by atomic mass is 32.2. The number of thioether (sulfide) groups is 1. The molecule has 2 aromatic heterocycles. The zero-order chi connectivity index (χ0) is 24.0. The third kappa shape index (κ3) is 5.72. The van der Waals surface area contributed by atoms with Crippen LogP contribution >= 0.6 is 23.1 Å². The van der Waals surface area contributed by atoms with Crippen molar-refractivity contribution in [2.45, 2.75) is 50.0 Å². The van der Waals surface area contributed by atoms with Gasteiger partial charge < -0.3 is 5.32 Å². The minimum Gasteiger partial charge on any atom is -0.302 e. The van der Waals surface area contributed by atoms with Crippen molar-refractivity contribution in [2.75, 3.05) is 11.1 Å². The SMILES string of the molecule is N#Cc1cc2c(nc1SCCC(=O)Nc1nc(-c3ccc4ccccc4c3)cs1)CCCCCC2. The summed E-state index contributed by atoms with van der Waals surface area (Å²) in [7, 11) is 0. The molecule has 2 aromatic carbocycles. The summed E-state index contributed by atoms with van der Waals surface area (Å²) in [6.45, 7) is 0. The lowest BCUT2D eigenvalue weighted by molar-refractivity contribution is -0.115. The first-order valence-electron chi connectivity index (χ1n) is 12.0. The van der Waals surface area contributed by atoms with Crippen LogP contribution in [-0.4, -0.2) is 21.6 Å². The average molecular weight is 499 g/mol. The molecule has 1 aliphatic carbocycles. The molecular weight excluding hydrogens is 472 g/mol. The quantitative estimate of drug-likeness (QED) is 0.289. The number of anilines is 1. The molecule has 35 heavy (non-hydrogen) atoms. The highest BCUT2D eigenvalue weighted by molar-refractivity contribution is 7.99. The number of amides is 1. The smallest absolute Gasteiger partial charge is 0.226 e. The third-order valence-electron chi connectivity index (χ3n) is 6.25. The zero-order valence-corrected chi connectivity index (χ0v) is 21.1. The second-order valence-electron chi connectivity index (χ2n) is 8.72. The Kier molecular flexibility index (Phi) is 7.41. The van der Waals surface area contributed by atoms with E-state index in [-0.39, 0.29) is 5.91 Å². The minimum atomic E-state index is -0.0818. The number of nitrogens with one attached hydrogen (secondary N) is 1. The van der Waals surface area contributed by atoms with Crippen molar-refractivity contribution >= 4 is 44.9 Å². The molecule has 2 heterocycles. The van der Waals surface area contributed by atoms with E-state index in [0.717, 1.165) is 47.7 Å². The number of fused-ring (bicyclic) bond motifs is 2. The van der Waals surface area contributed by atoms with E-state index in [1.54, 1.807) is 0 Å². The van der Waals surface area contributed by atoms with Crippen molar-refractivity contribution in [1.82, 2.24) is 9.97 Å². The molecule has 7 heteroatoms. The number of aromatic nitrogens is 2. The van der Waals surface area contributed by atoms with Gasteiger partial charge in [0.1, 0.15) is 11.1 Å². The summed E-state index contributed by atoms with van der Waals surface area (Å²) in [6.07, 6.45) is 7.09. The van der Waals surface area contributed by atoms with Gasteiger partial charge in [-0.2, -0.15) is 5.26 Å². The first-order valence-corrected chi connectivity index (χ1v) is 13.9. The molecule has 0 atom stereocenters. The third-order valence-corrected chi connectivity index (χ3v) is 8.00. The van der Waals surface area contributed by atoms with Gasteiger partial charge in [-0.3, -0.25) is 4.79 Å². The van der Waals surface area contributed by atoms with Crippen LogP contribution in [0.3, 0.4) is 0 Å². The number of thiazole rings is 1. The van der Waals surface area contributed by atoms with E-state index in [2.05, 4.69) is 46.7 Å². The highest BCUT2D eigenvalue weighted by Gasteiger charge is 2.15. The molecule has 0 saturated carbocycles. The van der Waals surface area contributed by atoms with E-state index >= 15 is 0 Å². The van der Waals surface area contributed by atoms with Crippen LogP contribution in [0.15, 0.2) is 58.9 Å². The second-order valence-corrected chi connectivity index (χ2v) is 10.7. The van der Waals surface area contributed by atoms with Crippen molar-refractivity contribution in [3.63, 3.8) is 0 Å². The summed E-state index contributed by atoms with van der Waals surface area (Å²) in [4.78, 5) is 22.0. The number of pyridine rings is 1. The number of benzene rings is 2. The Balaban J connectivity index is 1.19. The molecule has 0 saturated heterocycles. The molecule has 1 N–H and O–H groups in total. The van der Waals surface area contributed by atoms with Gasteiger partial charge in [0.05, 0.1) is 11.3 Å². The van der Waals surface area contributed by atoms with Crippen LogP contribution in [0.4, 0.5) is 5.13 Å². The molecule has 0 aliphatic heterocycles. The summed E-state index contributed by atoms with van der Waals surface area (Å²) >= 11 is 2.91. The summed E-state index contributed by atoms with van der Waals surface area (Å²) < 4.78 is 0. The van der Waals surface area contributed by atoms with Crippen LogP contribution in [0.1, 0.15) is 48.9 Å². The van der Waals surface area contributed by atoms with Crippen LogP contribution in [0.25, 0.3) is 22.0 Å². The van der Waals surface area contributed by atoms with Gasteiger partial charge in [0.15, 0.2) is 5.13 Å². The number of hydrogen-bond donors (Lipinski definition) is 1. The fourth-order valence-corrected chi connectivity index (χ4v) is 6.04. The van der Waals surface area contributed by atoms with E-state index in [1.165, 1.54) is 52.3 Å². The molecule has 1 aliphatic rings. The Bertz CT molecular complexity index is 1410. The van der Waals surface area contributed by atoms with Crippen LogP contribution in [0.2, 0.25) is 0 Å². The number of carbonyl (C=O) groups excluding carboxylic acids is 1. The van der Waals surface area contributed by atoms with Gasteiger partial charge in [-0.15, -0.1) is 23.1 Å². The molecule has 0 spiro atoms. The molecular formula is C28H26N4OS2. The summed E-state index contributed by atoms with van der Waals surface area (Å²) in [5, 5.41) is 18.2. The Morgan fingerprint density at radius 3 is 2.71 bits per heavy atom. The Labute approximate surface area is 213 Å². The minimum absolute atomic E-state index is 0.0818. The predicted molar refractivity (Wildman–Crippen MR) is 144 cm³/mol. The standard InChI is InChI=1S/C28H26N4OS2/c29-17-23-16-21-9-3-1-2-4-10-24(21)30-27(23)34-14-13-26(33)32-28-31-25(18-35-28)22-12-11-19-7-5-6-8-20(19)15-22/h5-8,11-12,15-16,18H,1-4,9-10,13-14H2,(H,31,32,33). The van der Waals surface area contributed by atoms with Gasteiger partial charge >= 0.3 is 0 Å². The van der Waals surface area contributed by atoms with Crippen LogP contribution in [0, 0.1) is 11.3 Å². The lowest BCUT2D eigenvalue weighted by atomic mass is 9.96. The Hall–Kier alpha value is -3.21. The van der Waals surface area contributed by atoms with E-state index < -0.39 is 0 Å². The van der Waals surface area contributed by atoms with Crippen molar-refractivity contribution < 1.29 is 4.79 Å². The lowest BCUT2D eigenvalue weighted by Gasteiger charge is -2.15. The summed E-state index contributed by atoms with van der Waals surface area (Å²) in [6, 6.07) is 18.8. The van der Waals surface area contributed by atoms with Gasteiger partial charge in [-0.25, -0.2) is 9.97 Å².